The minimum atomic E-state index is -0.592. The molecule has 0 bridgehead atoms. The highest BCUT2D eigenvalue weighted by Gasteiger charge is 2.12. The number of pyridine rings is 1. The van der Waals surface area contributed by atoms with Crippen LogP contribution in [-0.4, -0.2) is 24.4 Å². The first-order valence-electron chi connectivity index (χ1n) is 6.65. The topological polar surface area (TPSA) is 77.3 Å². The van der Waals surface area contributed by atoms with Crippen molar-refractivity contribution < 1.29 is 8.78 Å². The second-order valence-electron chi connectivity index (χ2n) is 4.50. The van der Waals surface area contributed by atoms with Crippen LogP contribution in [0, 0.1) is 5.82 Å². The van der Waals surface area contributed by atoms with Gasteiger partial charge in [0.2, 0.25) is 0 Å². The average molecular weight is 302 g/mol. The number of hydrogen-bond acceptors (Lipinski definition) is 4. The number of anilines is 1. The molecule has 2 rings (SSSR count). The van der Waals surface area contributed by atoms with Gasteiger partial charge in [-0.05, 0) is 29.8 Å². The lowest BCUT2D eigenvalue weighted by molar-refractivity contribution is 0.505. The predicted molar refractivity (Wildman–Crippen MR) is 85.4 cm³/mol. The molecular weight excluding hydrogens is 286 g/mol. The van der Waals surface area contributed by atoms with Crippen LogP contribution < -0.4 is 11.5 Å². The van der Waals surface area contributed by atoms with E-state index in [4.69, 9.17) is 11.5 Å². The molecular formula is C16H16F2N4. The second kappa shape index (κ2) is 7.31. The van der Waals surface area contributed by atoms with Gasteiger partial charge in [0.1, 0.15) is 6.67 Å². The van der Waals surface area contributed by atoms with E-state index in [-0.39, 0.29) is 23.5 Å². The summed E-state index contributed by atoms with van der Waals surface area (Å²) in [5.41, 5.74) is 13.2. The number of aliphatic imine (C=N–C) groups is 1. The van der Waals surface area contributed by atoms with Gasteiger partial charge in [0.05, 0.1) is 17.9 Å². The van der Waals surface area contributed by atoms with Gasteiger partial charge in [-0.25, -0.2) is 8.78 Å². The van der Waals surface area contributed by atoms with E-state index < -0.39 is 12.5 Å². The number of halogens is 2. The van der Waals surface area contributed by atoms with Gasteiger partial charge in [0.25, 0.3) is 0 Å². The molecule has 0 amide bonds. The third-order valence-corrected chi connectivity index (χ3v) is 3.03. The van der Waals surface area contributed by atoms with E-state index in [0.717, 1.165) is 0 Å². The summed E-state index contributed by atoms with van der Waals surface area (Å²) >= 11 is 0. The molecule has 0 saturated heterocycles. The largest absolute Gasteiger partial charge is 0.398 e. The van der Waals surface area contributed by atoms with Gasteiger partial charge >= 0.3 is 0 Å². The molecule has 4 nitrogen and oxygen atoms in total. The van der Waals surface area contributed by atoms with Crippen molar-refractivity contribution in [3.63, 3.8) is 0 Å². The minimum Gasteiger partial charge on any atom is -0.398 e. The molecule has 114 valence electrons. The van der Waals surface area contributed by atoms with Crippen LogP contribution in [0.15, 0.2) is 47.7 Å². The van der Waals surface area contributed by atoms with Crippen molar-refractivity contribution in [2.24, 2.45) is 10.7 Å². The van der Waals surface area contributed by atoms with Crippen molar-refractivity contribution in [1.29, 1.82) is 0 Å². The lowest BCUT2D eigenvalue weighted by Crippen LogP contribution is -2.06. The van der Waals surface area contributed by atoms with E-state index in [1.807, 2.05) is 0 Å². The van der Waals surface area contributed by atoms with Crippen LogP contribution in [0.1, 0.15) is 11.1 Å². The number of benzene rings is 1. The summed E-state index contributed by atoms with van der Waals surface area (Å²) < 4.78 is 26.4. The van der Waals surface area contributed by atoms with Crippen LogP contribution in [0.5, 0.6) is 0 Å². The molecule has 0 fully saturated rings. The summed E-state index contributed by atoms with van der Waals surface area (Å²) in [5.74, 6) is -0.592. The highest BCUT2D eigenvalue weighted by Crippen LogP contribution is 2.25. The Hall–Kier alpha value is -2.76. The van der Waals surface area contributed by atoms with E-state index in [2.05, 4.69) is 9.98 Å². The molecule has 0 aliphatic carbocycles. The number of nitrogens with two attached hydrogens (primary N) is 2. The Morgan fingerprint density at radius 1 is 1.23 bits per heavy atom. The van der Waals surface area contributed by atoms with Crippen LogP contribution in [0.2, 0.25) is 0 Å². The van der Waals surface area contributed by atoms with Gasteiger partial charge < -0.3 is 11.5 Å². The van der Waals surface area contributed by atoms with Crippen molar-refractivity contribution in [3.05, 3.63) is 59.7 Å². The molecule has 6 heteroatoms. The quantitative estimate of drug-likeness (QED) is 0.658. The molecule has 0 aliphatic rings. The first-order valence-corrected chi connectivity index (χ1v) is 6.65. The molecule has 0 aliphatic heterocycles. The molecule has 0 saturated carbocycles. The van der Waals surface area contributed by atoms with Crippen LogP contribution >= 0.6 is 0 Å². The van der Waals surface area contributed by atoms with Gasteiger partial charge in [-0.3, -0.25) is 9.98 Å². The molecule has 4 N–H and O–H groups in total. The van der Waals surface area contributed by atoms with E-state index in [1.54, 1.807) is 30.6 Å². The van der Waals surface area contributed by atoms with Gasteiger partial charge in [0.15, 0.2) is 5.82 Å². The van der Waals surface area contributed by atoms with Crippen LogP contribution in [0.4, 0.5) is 14.5 Å². The molecule has 0 atom stereocenters. The zero-order valence-corrected chi connectivity index (χ0v) is 11.8. The van der Waals surface area contributed by atoms with Crippen molar-refractivity contribution in [2.75, 3.05) is 19.0 Å². The summed E-state index contributed by atoms with van der Waals surface area (Å²) in [6, 6.07) is 8.03. The smallest absolute Gasteiger partial charge is 0.155 e. The molecule has 0 radical (unpaired) electrons. The van der Waals surface area contributed by atoms with Crippen molar-refractivity contribution in [3.8, 4) is 0 Å². The maximum atomic E-state index is 14.2. The number of aromatic nitrogens is 1. The van der Waals surface area contributed by atoms with Crippen molar-refractivity contribution in [1.82, 2.24) is 4.98 Å². The first kappa shape index (κ1) is 15.6. The highest BCUT2D eigenvalue weighted by molar-refractivity contribution is 6.18. The average Bonchev–Trinajstić information content (AvgIpc) is 2.54. The van der Waals surface area contributed by atoms with E-state index in [1.165, 1.54) is 18.3 Å². The number of nitrogens with zero attached hydrogens (tertiary/aromatic N) is 2. The zero-order chi connectivity index (χ0) is 15.9. The molecule has 1 aromatic heterocycles. The molecule has 2 aromatic rings. The predicted octanol–water partition coefficient (Wildman–Crippen LogP) is 2.67. The molecule has 0 spiro atoms. The van der Waals surface area contributed by atoms with Crippen LogP contribution in [-0.2, 0) is 0 Å². The summed E-state index contributed by atoms with van der Waals surface area (Å²) in [4.78, 5) is 7.88. The fraction of sp³-hybridized carbons (Fsp3) is 0.125. The van der Waals surface area contributed by atoms with E-state index >= 15 is 0 Å². The number of nitrogen functional groups attached to an aromatic ring is 1. The second-order valence-corrected chi connectivity index (χ2v) is 4.50. The summed E-state index contributed by atoms with van der Waals surface area (Å²) in [5, 5.41) is 0. The maximum Gasteiger partial charge on any atom is 0.155 e. The molecule has 22 heavy (non-hydrogen) atoms. The fourth-order valence-corrected chi connectivity index (χ4v) is 1.94. The Balaban J connectivity index is 2.57. The van der Waals surface area contributed by atoms with Gasteiger partial charge in [0, 0.05) is 29.7 Å². The summed E-state index contributed by atoms with van der Waals surface area (Å²) in [7, 11) is 0. The zero-order valence-electron chi connectivity index (χ0n) is 11.8. The number of hydrogen-bond donors (Lipinski definition) is 2. The third-order valence-electron chi connectivity index (χ3n) is 3.03. The van der Waals surface area contributed by atoms with E-state index in [9.17, 15) is 8.78 Å². The summed E-state index contributed by atoms with van der Waals surface area (Å²) in [6.07, 6.45) is 4.61. The Morgan fingerprint density at radius 3 is 2.64 bits per heavy atom. The van der Waals surface area contributed by atoms with Crippen molar-refractivity contribution >= 4 is 23.2 Å². The SMILES string of the molecule is NC(=C(C=NCCF)c1ccncc1)c1cccc(N)c1F. The van der Waals surface area contributed by atoms with Gasteiger partial charge in [-0.2, -0.15) is 0 Å². The number of alkyl halides is 1. The first-order chi connectivity index (χ1) is 10.6. The summed E-state index contributed by atoms with van der Waals surface area (Å²) in [6.45, 7) is -0.562. The lowest BCUT2D eigenvalue weighted by Gasteiger charge is -2.11. The standard InChI is InChI=1S/C16H16F2N4/c17-6-9-22-10-13(11-4-7-21-8-5-11)16(20)12-2-1-3-14(19)15(12)18/h1-5,7-8,10H,6,9,19-20H2. The Labute approximate surface area is 127 Å². The Bertz CT molecular complexity index is 697. The normalized spacial score (nSPS) is 12.5. The monoisotopic (exact) mass is 302 g/mol. The number of rotatable bonds is 5. The third kappa shape index (κ3) is 3.46. The van der Waals surface area contributed by atoms with Crippen LogP contribution in [0.3, 0.4) is 0 Å². The molecule has 1 heterocycles. The van der Waals surface area contributed by atoms with Crippen molar-refractivity contribution in [2.45, 2.75) is 0 Å². The Kier molecular flexibility index (Phi) is 5.19. The van der Waals surface area contributed by atoms with Gasteiger partial charge in [-0.15, -0.1) is 0 Å². The minimum absolute atomic E-state index is 0.00947. The Morgan fingerprint density at radius 2 is 1.95 bits per heavy atom. The lowest BCUT2D eigenvalue weighted by atomic mass is 10.0. The van der Waals surface area contributed by atoms with Crippen LogP contribution in [0.25, 0.3) is 11.3 Å². The molecule has 0 unspecified atom stereocenters. The fourth-order valence-electron chi connectivity index (χ4n) is 1.94. The van der Waals surface area contributed by atoms with E-state index in [0.29, 0.717) is 11.1 Å². The highest BCUT2D eigenvalue weighted by atomic mass is 19.1. The molecule has 1 aromatic carbocycles. The maximum absolute atomic E-state index is 14.2. The van der Waals surface area contributed by atoms with Gasteiger partial charge in [-0.1, -0.05) is 6.07 Å². The number of allylic oxidation sites excluding steroid dienone is 1.